The molecule has 0 fully saturated rings. The molecule has 0 saturated heterocycles. The van der Waals surface area contributed by atoms with Gasteiger partial charge in [-0.15, -0.1) is 0 Å². The number of ether oxygens (including phenoxy) is 1. The van der Waals surface area contributed by atoms with Crippen molar-refractivity contribution in [3.8, 4) is 0 Å². The van der Waals surface area contributed by atoms with Crippen LogP contribution in [0.5, 0.6) is 0 Å². The van der Waals surface area contributed by atoms with Gasteiger partial charge in [0.2, 0.25) is 0 Å². The third kappa shape index (κ3) is 4.13. The highest BCUT2D eigenvalue weighted by Gasteiger charge is 2.36. The van der Waals surface area contributed by atoms with Gasteiger partial charge < -0.3 is 19.9 Å². The van der Waals surface area contributed by atoms with E-state index in [1.54, 1.807) is 0 Å². The zero-order valence-electron chi connectivity index (χ0n) is 19.5. The Kier molecular flexibility index (Phi) is 6.55. The second-order valence-corrected chi connectivity index (χ2v) is 8.66. The average molecular weight is 439 g/mol. The van der Waals surface area contributed by atoms with Gasteiger partial charge in [0.05, 0.1) is 11.7 Å². The van der Waals surface area contributed by atoms with E-state index in [0.717, 1.165) is 37.1 Å². The van der Waals surface area contributed by atoms with Crippen molar-refractivity contribution in [1.82, 2.24) is 20.1 Å². The summed E-state index contributed by atoms with van der Waals surface area (Å²) in [6.07, 6.45) is 4.18. The molecule has 2 aromatic rings. The van der Waals surface area contributed by atoms with Crippen molar-refractivity contribution in [2.75, 3.05) is 26.2 Å². The molecule has 1 aromatic carbocycles. The second-order valence-electron chi connectivity index (χ2n) is 8.66. The lowest BCUT2D eigenvalue weighted by atomic mass is 9.80. The number of fused-ring (bicyclic) bond motifs is 2. The van der Waals surface area contributed by atoms with Gasteiger partial charge in [0.15, 0.2) is 0 Å². The van der Waals surface area contributed by atoms with Gasteiger partial charge in [0.25, 0.3) is 0 Å². The topological polar surface area (TPSA) is 77.7 Å². The fraction of sp³-hybridized carbons (Fsp3) is 0.520. The number of aromatic amines is 1. The minimum atomic E-state index is -0.274. The molecule has 0 bridgehead atoms. The molecular formula is C25H34N4O3. The van der Waals surface area contributed by atoms with Gasteiger partial charge in [0.1, 0.15) is 6.61 Å². The molecule has 1 aromatic heterocycles. The van der Waals surface area contributed by atoms with Crippen molar-refractivity contribution >= 4 is 28.5 Å². The van der Waals surface area contributed by atoms with Crippen LogP contribution in [0.2, 0.25) is 0 Å². The summed E-state index contributed by atoms with van der Waals surface area (Å²) in [6, 6.07) is 6.53. The van der Waals surface area contributed by atoms with E-state index in [1.165, 1.54) is 29.0 Å². The molecule has 2 aliphatic rings. The monoisotopic (exact) mass is 438 g/mol. The third-order valence-corrected chi connectivity index (χ3v) is 6.63. The Hall–Kier alpha value is -2.80. The van der Waals surface area contributed by atoms with Gasteiger partial charge in [-0.25, -0.2) is 4.79 Å². The molecule has 2 heterocycles. The first-order chi connectivity index (χ1) is 15.5. The van der Waals surface area contributed by atoms with E-state index < -0.39 is 0 Å². The van der Waals surface area contributed by atoms with Crippen LogP contribution >= 0.6 is 0 Å². The second kappa shape index (κ2) is 9.36. The first-order valence-electron chi connectivity index (χ1n) is 11.7. The first-order valence-corrected chi connectivity index (χ1v) is 11.7. The van der Waals surface area contributed by atoms with Crippen molar-refractivity contribution in [3.05, 3.63) is 41.1 Å². The van der Waals surface area contributed by atoms with Crippen LogP contribution in [-0.2, 0) is 22.6 Å². The Labute approximate surface area is 189 Å². The van der Waals surface area contributed by atoms with Gasteiger partial charge in [-0.05, 0) is 56.0 Å². The highest BCUT2D eigenvalue weighted by atomic mass is 16.5. The van der Waals surface area contributed by atoms with Crippen LogP contribution in [0.15, 0.2) is 24.3 Å². The maximum atomic E-state index is 12.7. The van der Waals surface area contributed by atoms with E-state index in [2.05, 4.69) is 46.4 Å². The molecule has 1 aliphatic heterocycles. The summed E-state index contributed by atoms with van der Waals surface area (Å²) >= 11 is 0. The van der Waals surface area contributed by atoms with Crippen molar-refractivity contribution in [2.45, 2.75) is 59.2 Å². The van der Waals surface area contributed by atoms with Gasteiger partial charge in [0, 0.05) is 43.5 Å². The molecule has 32 heavy (non-hydrogen) atoms. The van der Waals surface area contributed by atoms with Gasteiger partial charge in [-0.2, -0.15) is 0 Å². The number of aromatic nitrogens is 1. The maximum Gasteiger partial charge on any atom is 0.317 e. The summed E-state index contributed by atoms with van der Waals surface area (Å²) in [4.78, 5) is 31.9. The highest BCUT2D eigenvalue weighted by molar-refractivity contribution is 5.99. The highest BCUT2D eigenvalue weighted by Crippen LogP contribution is 2.42. The number of nitrogens with zero attached hydrogens (tertiary/aromatic N) is 2. The molecule has 1 aliphatic carbocycles. The minimum Gasteiger partial charge on any atom is -0.459 e. The molecule has 2 atom stereocenters. The molecule has 7 heteroatoms. The number of carbonyl (C=O) groups is 2. The Morgan fingerprint density at radius 2 is 2.03 bits per heavy atom. The summed E-state index contributed by atoms with van der Waals surface area (Å²) in [7, 11) is 0. The van der Waals surface area contributed by atoms with Crippen LogP contribution < -0.4 is 5.32 Å². The van der Waals surface area contributed by atoms with Crippen molar-refractivity contribution in [1.29, 1.82) is 0 Å². The van der Waals surface area contributed by atoms with E-state index in [1.807, 2.05) is 18.7 Å². The Morgan fingerprint density at radius 3 is 2.72 bits per heavy atom. The number of hydrogen-bond acceptors (Lipinski definition) is 4. The lowest BCUT2D eigenvalue weighted by molar-refractivity contribution is -0.142. The molecule has 2 N–H and O–H groups in total. The number of urea groups is 1. The molecule has 0 saturated carbocycles. The fourth-order valence-electron chi connectivity index (χ4n) is 5.17. The van der Waals surface area contributed by atoms with Gasteiger partial charge in [-0.3, -0.25) is 9.69 Å². The zero-order chi connectivity index (χ0) is 22.8. The number of esters is 1. The van der Waals surface area contributed by atoms with Crippen molar-refractivity contribution in [2.24, 2.45) is 0 Å². The normalized spacial score (nSPS) is 19.9. The number of hydrogen-bond donors (Lipinski definition) is 2. The van der Waals surface area contributed by atoms with Crippen LogP contribution in [0.25, 0.3) is 16.5 Å². The standard InChI is InChI=1S/C25H34N4O3/c1-5-11-29-14-17(26-25(31)28(6-2)7-3)12-19-18-9-8-10-21-24(18)20(13-23(19)29)22(27-21)15-32-16(4)30/h8-10,12,17,23,27H,5-7,11,13-15H2,1-4H3,(H,26,31)/t17-,23+/m0/s1. The van der Waals surface area contributed by atoms with Crippen LogP contribution in [0.4, 0.5) is 4.79 Å². The summed E-state index contributed by atoms with van der Waals surface area (Å²) in [5, 5.41) is 4.45. The largest absolute Gasteiger partial charge is 0.459 e. The number of benzene rings is 1. The molecule has 172 valence electrons. The SMILES string of the molecule is CCCN1C[C@@H](NC(=O)N(CC)CC)C=C2c3cccc4[nH]c(COC(C)=O)c(c34)C[C@H]21. The summed E-state index contributed by atoms with van der Waals surface area (Å²) in [6.45, 7) is 11.1. The summed E-state index contributed by atoms with van der Waals surface area (Å²) in [5.41, 5.74) is 5.78. The van der Waals surface area contributed by atoms with Crippen LogP contribution in [0, 0.1) is 0 Å². The Balaban J connectivity index is 1.73. The number of rotatable bonds is 7. The molecule has 2 amide bonds. The number of H-pyrrole nitrogens is 1. The zero-order valence-corrected chi connectivity index (χ0v) is 19.5. The van der Waals surface area contributed by atoms with Crippen molar-refractivity contribution < 1.29 is 14.3 Å². The first kappa shape index (κ1) is 22.4. The van der Waals surface area contributed by atoms with Crippen LogP contribution in [-0.4, -0.2) is 65.0 Å². The summed E-state index contributed by atoms with van der Waals surface area (Å²) in [5.74, 6) is -0.274. The van der Waals surface area contributed by atoms with Gasteiger partial charge in [-0.1, -0.05) is 25.1 Å². The molecular weight excluding hydrogens is 404 g/mol. The van der Waals surface area contributed by atoms with Gasteiger partial charge >= 0.3 is 12.0 Å². The summed E-state index contributed by atoms with van der Waals surface area (Å²) < 4.78 is 5.33. The molecule has 0 radical (unpaired) electrons. The Morgan fingerprint density at radius 1 is 1.25 bits per heavy atom. The van der Waals surface area contributed by atoms with E-state index in [-0.39, 0.29) is 30.7 Å². The molecule has 7 nitrogen and oxygen atoms in total. The van der Waals surface area contributed by atoms with Crippen LogP contribution in [0.3, 0.4) is 0 Å². The van der Waals surface area contributed by atoms with E-state index in [9.17, 15) is 9.59 Å². The lowest BCUT2D eigenvalue weighted by Gasteiger charge is -2.42. The number of nitrogens with one attached hydrogen (secondary N) is 2. The number of carbonyl (C=O) groups excluding carboxylic acids is 2. The Bertz CT molecular complexity index is 1040. The minimum absolute atomic E-state index is 0.00762. The fourth-order valence-corrected chi connectivity index (χ4v) is 5.17. The molecule has 0 unspecified atom stereocenters. The maximum absolute atomic E-state index is 12.7. The molecule has 4 rings (SSSR count). The van der Waals surface area contributed by atoms with E-state index >= 15 is 0 Å². The van der Waals surface area contributed by atoms with E-state index in [4.69, 9.17) is 4.74 Å². The quantitative estimate of drug-likeness (QED) is 0.647. The smallest absolute Gasteiger partial charge is 0.317 e. The van der Waals surface area contributed by atoms with E-state index in [0.29, 0.717) is 13.1 Å². The number of amides is 2. The average Bonchev–Trinajstić information content (AvgIpc) is 3.13. The third-order valence-electron chi connectivity index (χ3n) is 6.63. The molecule has 0 spiro atoms. The van der Waals surface area contributed by atoms with Crippen LogP contribution in [0.1, 0.15) is 50.9 Å². The lowest BCUT2D eigenvalue weighted by Crippen LogP contribution is -2.54. The predicted molar refractivity (Wildman–Crippen MR) is 126 cm³/mol. The van der Waals surface area contributed by atoms with Crippen molar-refractivity contribution in [3.63, 3.8) is 0 Å². The predicted octanol–water partition coefficient (Wildman–Crippen LogP) is 3.68.